The molecular formula is C10H8FN5. The Morgan fingerprint density at radius 2 is 2.31 bits per heavy atom. The van der Waals surface area contributed by atoms with E-state index < -0.39 is 5.82 Å². The zero-order valence-corrected chi connectivity index (χ0v) is 8.26. The van der Waals surface area contributed by atoms with Gasteiger partial charge in [-0.3, -0.25) is 0 Å². The molecule has 0 bridgehead atoms. The number of hydrogen-bond donors (Lipinski definition) is 1. The molecule has 1 aromatic heterocycles. The average Bonchev–Trinajstić information content (AvgIpc) is 2.70. The van der Waals surface area contributed by atoms with Crippen molar-refractivity contribution in [2.24, 2.45) is 0 Å². The number of anilines is 1. The van der Waals surface area contributed by atoms with Crippen molar-refractivity contribution in [2.75, 3.05) is 5.73 Å². The van der Waals surface area contributed by atoms with Crippen molar-refractivity contribution in [3.8, 4) is 6.07 Å². The second-order valence-corrected chi connectivity index (χ2v) is 3.23. The Labute approximate surface area is 90.9 Å². The van der Waals surface area contributed by atoms with E-state index in [4.69, 9.17) is 11.0 Å². The summed E-state index contributed by atoms with van der Waals surface area (Å²) in [5, 5.41) is 12.4. The van der Waals surface area contributed by atoms with Crippen molar-refractivity contribution < 1.29 is 4.39 Å². The van der Waals surface area contributed by atoms with Crippen LogP contribution in [0, 0.1) is 17.1 Å². The molecule has 0 saturated heterocycles. The van der Waals surface area contributed by atoms with Gasteiger partial charge in [0.2, 0.25) is 0 Å². The monoisotopic (exact) mass is 217 g/mol. The van der Waals surface area contributed by atoms with Gasteiger partial charge in [0.15, 0.2) is 0 Å². The van der Waals surface area contributed by atoms with Crippen molar-refractivity contribution >= 4 is 5.69 Å². The highest BCUT2D eigenvalue weighted by Gasteiger charge is 2.05. The number of rotatable bonds is 2. The Morgan fingerprint density at radius 3 is 2.94 bits per heavy atom. The summed E-state index contributed by atoms with van der Waals surface area (Å²) < 4.78 is 14.8. The van der Waals surface area contributed by atoms with Gasteiger partial charge in [-0.2, -0.15) is 5.26 Å². The van der Waals surface area contributed by atoms with E-state index in [1.54, 1.807) is 18.2 Å². The molecular weight excluding hydrogens is 209 g/mol. The summed E-state index contributed by atoms with van der Waals surface area (Å²) in [4.78, 5) is 3.72. The third-order valence-electron chi connectivity index (χ3n) is 2.05. The molecule has 0 radical (unpaired) electrons. The van der Waals surface area contributed by atoms with E-state index in [1.165, 1.54) is 17.1 Å². The summed E-state index contributed by atoms with van der Waals surface area (Å²) >= 11 is 0. The molecule has 2 rings (SSSR count). The van der Waals surface area contributed by atoms with E-state index in [0.29, 0.717) is 11.3 Å². The summed E-state index contributed by atoms with van der Waals surface area (Å²) in [6, 6.07) is 6.24. The van der Waals surface area contributed by atoms with Crippen LogP contribution in [0.1, 0.15) is 11.4 Å². The molecule has 0 aliphatic heterocycles. The van der Waals surface area contributed by atoms with Crippen LogP contribution in [0.25, 0.3) is 0 Å². The lowest BCUT2D eigenvalue weighted by molar-refractivity contribution is 0.585. The minimum atomic E-state index is -0.394. The molecule has 16 heavy (non-hydrogen) atoms. The molecule has 80 valence electrons. The number of hydrogen-bond acceptors (Lipinski definition) is 4. The number of nitrogens with zero attached hydrogens (tertiary/aromatic N) is 4. The van der Waals surface area contributed by atoms with Crippen LogP contribution < -0.4 is 5.73 Å². The first-order chi connectivity index (χ1) is 7.69. The fourth-order valence-electron chi connectivity index (χ4n) is 1.29. The zero-order chi connectivity index (χ0) is 11.5. The summed E-state index contributed by atoms with van der Waals surface area (Å²) in [6.07, 6.45) is 1.38. The van der Waals surface area contributed by atoms with E-state index in [9.17, 15) is 4.39 Å². The van der Waals surface area contributed by atoms with E-state index in [2.05, 4.69) is 10.1 Å². The molecule has 2 N–H and O–H groups in total. The maximum Gasteiger partial charge on any atom is 0.252 e. The van der Waals surface area contributed by atoms with Gasteiger partial charge in [0.1, 0.15) is 18.2 Å². The lowest BCUT2D eigenvalue weighted by Gasteiger charge is -2.03. The van der Waals surface area contributed by atoms with Gasteiger partial charge in [-0.1, -0.05) is 6.07 Å². The van der Waals surface area contributed by atoms with Gasteiger partial charge >= 0.3 is 0 Å². The maximum absolute atomic E-state index is 13.4. The van der Waals surface area contributed by atoms with Crippen molar-refractivity contribution in [3.05, 3.63) is 41.7 Å². The summed E-state index contributed by atoms with van der Waals surface area (Å²) in [5.74, 6) is -0.329. The number of nitriles is 1. The topological polar surface area (TPSA) is 80.5 Å². The van der Waals surface area contributed by atoms with Gasteiger partial charge in [0, 0.05) is 11.3 Å². The Morgan fingerprint density at radius 1 is 1.50 bits per heavy atom. The first-order valence-electron chi connectivity index (χ1n) is 4.52. The summed E-state index contributed by atoms with van der Waals surface area (Å²) in [5.41, 5.74) is 6.25. The van der Waals surface area contributed by atoms with E-state index in [-0.39, 0.29) is 12.4 Å². The normalized spacial score (nSPS) is 10.0. The minimum Gasteiger partial charge on any atom is -0.399 e. The van der Waals surface area contributed by atoms with E-state index in [1.807, 2.05) is 0 Å². The van der Waals surface area contributed by atoms with Crippen LogP contribution in [0.4, 0.5) is 10.1 Å². The molecule has 0 unspecified atom stereocenters. The molecule has 5 nitrogen and oxygen atoms in total. The fraction of sp³-hybridized carbons (Fsp3) is 0.100. The molecule has 0 fully saturated rings. The van der Waals surface area contributed by atoms with Gasteiger partial charge in [-0.15, -0.1) is 5.10 Å². The van der Waals surface area contributed by atoms with Crippen LogP contribution in [0.5, 0.6) is 0 Å². The molecule has 2 aromatic rings. The van der Waals surface area contributed by atoms with Gasteiger partial charge in [-0.25, -0.2) is 14.1 Å². The van der Waals surface area contributed by atoms with Crippen molar-refractivity contribution in [1.29, 1.82) is 5.26 Å². The molecule has 0 aliphatic carbocycles. The minimum absolute atomic E-state index is 0.0656. The Kier molecular flexibility index (Phi) is 2.52. The predicted octanol–water partition coefficient (Wildman–Crippen LogP) is 0.919. The molecule has 1 aromatic carbocycles. The first-order valence-corrected chi connectivity index (χ1v) is 4.52. The van der Waals surface area contributed by atoms with Gasteiger partial charge in [-0.05, 0) is 12.1 Å². The smallest absolute Gasteiger partial charge is 0.252 e. The highest BCUT2D eigenvalue weighted by atomic mass is 19.1. The van der Waals surface area contributed by atoms with E-state index >= 15 is 0 Å². The standard InChI is InChI=1S/C10H8FN5/c11-9-3-8(13)2-1-7(9)5-16-6-14-10(4-12)15-16/h1-3,6H,5,13H2. The molecule has 0 saturated carbocycles. The molecule has 6 heteroatoms. The van der Waals surface area contributed by atoms with Crippen LogP contribution in [0.3, 0.4) is 0 Å². The highest BCUT2D eigenvalue weighted by Crippen LogP contribution is 2.12. The number of aromatic nitrogens is 3. The van der Waals surface area contributed by atoms with Crippen LogP contribution >= 0.6 is 0 Å². The Balaban J connectivity index is 2.24. The molecule has 0 atom stereocenters. The zero-order valence-electron chi connectivity index (χ0n) is 8.26. The SMILES string of the molecule is N#Cc1ncn(Cc2ccc(N)cc2F)n1. The van der Waals surface area contributed by atoms with Crippen LogP contribution in [0.2, 0.25) is 0 Å². The molecule has 0 amide bonds. The fourth-order valence-corrected chi connectivity index (χ4v) is 1.29. The molecule has 0 aliphatic rings. The van der Waals surface area contributed by atoms with Crippen LogP contribution in [-0.4, -0.2) is 14.8 Å². The second-order valence-electron chi connectivity index (χ2n) is 3.23. The van der Waals surface area contributed by atoms with Gasteiger partial charge in [0.25, 0.3) is 5.82 Å². The Bertz CT molecular complexity index is 555. The summed E-state index contributed by atoms with van der Waals surface area (Å²) in [6.45, 7) is 0.223. The number of nitrogens with two attached hydrogens (primary N) is 1. The number of benzene rings is 1. The van der Waals surface area contributed by atoms with Crippen molar-refractivity contribution in [1.82, 2.24) is 14.8 Å². The average molecular weight is 217 g/mol. The quantitative estimate of drug-likeness (QED) is 0.758. The second kappa shape index (κ2) is 3.98. The summed E-state index contributed by atoms with van der Waals surface area (Å²) in [7, 11) is 0. The van der Waals surface area contributed by atoms with Gasteiger partial charge in [0.05, 0.1) is 6.54 Å². The maximum atomic E-state index is 13.4. The predicted molar refractivity (Wildman–Crippen MR) is 54.7 cm³/mol. The van der Waals surface area contributed by atoms with Crippen molar-refractivity contribution in [3.63, 3.8) is 0 Å². The third kappa shape index (κ3) is 1.98. The number of nitrogen functional groups attached to an aromatic ring is 1. The molecule has 1 heterocycles. The van der Waals surface area contributed by atoms with Crippen molar-refractivity contribution in [2.45, 2.75) is 6.54 Å². The van der Waals surface area contributed by atoms with Crippen LogP contribution in [-0.2, 0) is 6.54 Å². The number of halogens is 1. The highest BCUT2D eigenvalue weighted by molar-refractivity contribution is 5.40. The molecule has 0 spiro atoms. The van der Waals surface area contributed by atoms with Gasteiger partial charge < -0.3 is 5.73 Å². The lowest BCUT2D eigenvalue weighted by atomic mass is 10.2. The van der Waals surface area contributed by atoms with E-state index in [0.717, 1.165) is 0 Å². The largest absolute Gasteiger partial charge is 0.399 e. The third-order valence-corrected chi connectivity index (χ3v) is 2.05. The first kappa shape index (κ1) is 10.1. The lowest BCUT2D eigenvalue weighted by Crippen LogP contribution is -2.03. The van der Waals surface area contributed by atoms with Crippen LogP contribution in [0.15, 0.2) is 24.5 Å². The Hall–Kier alpha value is -2.42.